The molecule has 0 amide bonds. The zero-order chi connectivity index (χ0) is 17.7. The van der Waals surface area contributed by atoms with Gasteiger partial charge in [0.25, 0.3) is 0 Å². The molecule has 0 heterocycles. The van der Waals surface area contributed by atoms with E-state index in [1.807, 2.05) is 24.3 Å². The fourth-order valence-electron chi connectivity index (χ4n) is 2.12. The van der Waals surface area contributed by atoms with E-state index in [-0.39, 0.29) is 11.4 Å². The van der Waals surface area contributed by atoms with Crippen LogP contribution >= 0.6 is 46.4 Å². The van der Waals surface area contributed by atoms with Crippen LogP contribution in [0.15, 0.2) is 58.8 Å². The summed E-state index contributed by atoms with van der Waals surface area (Å²) >= 11 is 23.0. The van der Waals surface area contributed by atoms with Crippen molar-refractivity contribution in [2.24, 2.45) is 10.3 Å². The Labute approximate surface area is 158 Å². The minimum atomic E-state index is -0.921. The molecule has 0 radical (unpaired) electrons. The maximum absolute atomic E-state index is 8.95. The van der Waals surface area contributed by atoms with E-state index in [4.69, 9.17) is 56.8 Å². The van der Waals surface area contributed by atoms with Crippen LogP contribution in [0.3, 0.4) is 0 Å². The largest absolute Gasteiger partial charge is 0.411 e. The van der Waals surface area contributed by atoms with Crippen LogP contribution in [-0.4, -0.2) is 31.5 Å². The van der Waals surface area contributed by atoms with Crippen molar-refractivity contribution in [2.45, 2.75) is 9.67 Å². The van der Waals surface area contributed by atoms with Crippen molar-refractivity contribution in [1.82, 2.24) is 0 Å². The first-order valence-corrected chi connectivity index (χ1v) is 8.44. The quantitative estimate of drug-likeness (QED) is 0.306. The van der Waals surface area contributed by atoms with Crippen LogP contribution in [0.5, 0.6) is 0 Å². The summed E-state index contributed by atoms with van der Waals surface area (Å²) in [5.74, 6) is 0. The highest BCUT2D eigenvalue weighted by molar-refractivity contribution is 6.56. The molecule has 24 heavy (non-hydrogen) atoms. The molecule has 0 fully saturated rings. The lowest BCUT2D eigenvalue weighted by molar-refractivity contribution is 0.318. The third kappa shape index (κ3) is 4.33. The van der Waals surface area contributed by atoms with Gasteiger partial charge in [0.1, 0.15) is 11.4 Å². The first kappa shape index (κ1) is 18.9. The maximum atomic E-state index is 8.95. The molecule has 4 nitrogen and oxygen atoms in total. The first-order valence-electron chi connectivity index (χ1n) is 6.69. The highest BCUT2D eigenvalue weighted by Gasteiger charge is 2.14. The van der Waals surface area contributed by atoms with Gasteiger partial charge in [-0.3, -0.25) is 0 Å². The summed E-state index contributed by atoms with van der Waals surface area (Å²) < 4.78 is 0. The molecule has 0 unspecified atom stereocenters. The molecule has 8 heteroatoms. The van der Waals surface area contributed by atoms with E-state index in [2.05, 4.69) is 10.3 Å². The SMILES string of the molecule is O/N=C(/c1ccc(-c2ccc(/C(=N/O)C(Cl)Cl)cc2)cc1)C(Cl)Cl. The Kier molecular flexibility index (Phi) is 6.75. The molecule has 0 aliphatic carbocycles. The molecular weight excluding hydrogens is 394 g/mol. The second kappa shape index (κ2) is 8.58. The smallest absolute Gasteiger partial charge is 0.153 e. The number of benzene rings is 2. The molecule has 0 aromatic heterocycles. The summed E-state index contributed by atoms with van der Waals surface area (Å²) in [6.07, 6.45) is 0. The van der Waals surface area contributed by atoms with Gasteiger partial charge in [-0.1, -0.05) is 105 Å². The van der Waals surface area contributed by atoms with E-state index in [1.54, 1.807) is 24.3 Å². The number of hydrogen-bond acceptors (Lipinski definition) is 4. The van der Waals surface area contributed by atoms with Crippen LogP contribution in [-0.2, 0) is 0 Å². The molecule has 0 saturated carbocycles. The highest BCUT2D eigenvalue weighted by atomic mass is 35.5. The number of oxime groups is 2. The molecule has 2 rings (SSSR count). The fraction of sp³-hybridized carbons (Fsp3) is 0.125. The zero-order valence-electron chi connectivity index (χ0n) is 12.1. The van der Waals surface area contributed by atoms with Crippen LogP contribution < -0.4 is 0 Å². The number of rotatable bonds is 5. The lowest BCUT2D eigenvalue weighted by atomic mass is 10.0. The molecule has 0 aliphatic heterocycles. The zero-order valence-corrected chi connectivity index (χ0v) is 15.1. The molecule has 2 aromatic carbocycles. The Morgan fingerprint density at radius 3 is 1.12 bits per heavy atom. The Bertz CT molecular complexity index is 676. The minimum Gasteiger partial charge on any atom is -0.411 e. The van der Waals surface area contributed by atoms with Crippen molar-refractivity contribution < 1.29 is 10.4 Å². The van der Waals surface area contributed by atoms with Crippen molar-refractivity contribution in [1.29, 1.82) is 0 Å². The average Bonchev–Trinajstić information content (AvgIpc) is 2.57. The Balaban J connectivity index is 2.27. The summed E-state index contributed by atoms with van der Waals surface area (Å²) in [5, 5.41) is 24.1. The molecule has 0 saturated heterocycles. The molecule has 0 spiro atoms. The molecule has 0 bridgehead atoms. The van der Waals surface area contributed by atoms with E-state index in [1.165, 1.54) is 0 Å². The van der Waals surface area contributed by atoms with Crippen molar-refractivity contribution >= 4 is 57.8 Å². The Morgan fingerprint density at radius 1 is 0.625 bits per heavy atom. The van der Waals surface area contributed by atoms with Crippen molar-refractivity contribution in [3.8, 4) is 11.1 Å². The standard InChI is InChI=1S/C16H12Cl4N2O2/c17-15(18)13(21-23)11-5-1-9(2-6-11)10-3-7-12(8-4-10)14(22-24)16(19)20/h1-8,15-16,23-24H/b21-13-,22-14-. The van der Waals surface area contributed by atoms with Crippen LogP contribution in [0.25, 0.3) is 11.1 Å². The van der Waals surface area contributed by atoms with Gasteiger partial charge in [0.15, 0.2) is 9.67 Å². The van der Waals surface area contributed by atoms with Crippen molar-refractivity contribution in [2.75, 3.05) is 0 Å². The van der Waals surface area contributed by atoms with Gasteiger partial charge in [-0.25, -0.2) is 0 Å². The number of alkyl halides is 4. The lowest BCUT2D eigenvalue weighted by Gasteiger charge is -2.09. The summed E-state index contributed by atoms with van der Waals surface area (Å²) in [7, 11) is 0. The summed E-state index contributed by atoms with van der Waals surface area (Å²) in [6, 6.07) is 14.4. The van der Waals surface area contributed by atoms with E-state index in [0.29, 0.717) is 11.1 Å². The van der Waals surface area contributed by atoms with Crippen molar-refractivity contribution in [3.63, 3.8) is 0 Å². The second-order valence-corrected chi connectivity index (χ2v) is 6.92. The van der Waals surface area contributed by atoms with Gasteiger partial charge < -0.3 is 10.4 Å². The fourth-order valence-corrected chi connectivity index (χ4v) is 2.80. The Hall–Kier alpha value is -1.46. The minimum absolute atomic E-state index is 0.180. The van der Waals surface area contributed by atoms with Gasteiger partial charge >= 0.3 is 0 Å². The topological polar surface area (TPSA) is 65.2 Å². The van der Waals surface area contributed by atoms with E-state index in [0.717, 1.165) is 11.1 Å². The van der Waals surface area contributed by atoms with Gasteiger partial charge in [0.2, 0.25) is 0 Å². The number of hydrogen-bond donors (Lipinski definition) is 2. The predicted octanol–water partition coefficient (Wildman–Crippen LogP) is 5.32. The highest BCUT2D eigenvalue weighted by Crippen LogP contribution is 2.23. The number of halogens is 4. The summed E-state index contributed by atoms with van der Waals surface area (Å²) in [5.41, 5.74) is 3.46. The Morgan fingerprint density at radius 2 is 0.917 bits per heavy atom. The molecule has 0 atom stereocenters. The van der Waals surface area contributed by atoms with Gasteiger partial charge in [0, 0.05) is 11.1 Å². The molecule has 126 valence electrons. The number of nitrogens with zero attached hydrogens (tertiary/aromatic N) is 2. The molecule has 0 aliphatic rings. The van der Waals surface area contributed by atoms with E-state index >= 15 is 0 Å². The average molecular weight is 406 g/mol. The van der Waals surface area contributed by atoms with Crippen LogP contribution in [0, 0.1) is 0 Å². The van der Waals surface area contributed by atoms with Gasteiger partial charge in [-0.05, 0) is 11.1 Å². The van der Waals surface area contributed by atoms with Crippen LogP contribution in [0.4, 0.5) is 0 Å². The van der Waals surface area contributed by atoms with Crippen LogP contribution in [0.2, 0.25) is 0 Å². The van der Waals surface area contributed by atoms with E-state index in [9.17, 15) is 0 Å². The third-order valence-corrected chi connectivity index (χ3v) is 4.15. The summed E-state index contributed by atoms with van der Waals surface area (Å²) in [6.45, 7) is 0. The second-order valence-electron chi connectivity index (χ2n) is 4.73. The predicted molar refractivity (Wildman–Crippen MR) is 99.5 cm³/mol. The monoisotopic (exact) mass is 404 g/mol. The van der Waals surface area contributed by atoms with E-state index < -0.39 is 9.67 Å². The van der Waals surface area contributed by atoms with Gasteiger partial charge in [-0.2, -0.15) is 0 Å². The first-order chi connectivity index (χ1) is 11.5. The van der Waals surface area contributed by atoms with Crippen molar-refractivity contribution in [3.05, 3.63) is 59.7 Å². The van der Waals surface area contributed by atoms with Gasteiger partial charge in [0.05, 0.1) is 0 Å². The van der Waals surface area contributed by atoms with Crippen LogP contribution in [0.1, 0.15) is 11.1 Å². The maximum Gasteiger partial charge on any atom is 0.153 e. The normalized spacial score (nSPS) is 12.9. The molecule has 2 aromatic rings. The molecule has 2 N–H and O–H groups in total. The summed E-state index contributed by atoms with van der Waals surface area (Å²) in [4.78, 5) is -1.84. The molecular formula is C16H12Cl4N2O2. The van der Waals surface area contributed by atoms with Gasteiger partial charge in [-0.15, -0.1) is 0 Å². The third-order valence-electron chi connectivity index (χ3n) is 3.32. The lowest BCUT2D eigenvalue weighted by Crippen LogP contribution is -2.10.